The van der Waals surface area contributed by atoms with Crippen LogP contribution < -0.4 is 15.4 Å². The average molecular weight is 469 g/mol. The summed E-state index contributed by atoms with van der Waals surface area (Å²) in [6, 6.07) is 7.97. The Morgan fingerprint density at radius 3 is 2.85 bits per heavy atom. The van der Waals surface area contributed by atoms with Crippen molar-refractivity contribution in [2.75, 3.05) is 20.2 Å². The fraction of sp³-hybridized carbons (Fsp3) is 0.368. The molecule has 142 valence electrons. The first kappa shape index (κ1) is 22.0. The summed E-state index contributed by atoms with van der Waals surface area (Å²) in [5, 5.41) is 10.8. The number of aromatic nitrogens is 2. The van der Waals surface area contributed by atoms with Gasteiger partial charge in [-0.2, -0.15) is 5.10 Å². The van der Waals surface area contributed by atoms with Crippen LogP contribution in [-0.4, -0.2) is 35.9 Å². The van der Waals surface area contributed by atoms with Gasteiger partial charge in [-0.3, -0.25) is 9.67 Å². The molecule has 2 N–H and O–H groups in total. The molecule has 26 heavy (non-hydrogen) atoms. The van der Waals surface area contributed by atoms with Crippen molar-refractivity contribution in [2.45, 2.75) is 19.4 Å². The van der Waals surface area contributed by atoms with Crippen molar-refractivity contribution in [1.82, 2.24) is 20.4 Å². The molecule has 2 aromatic rings. The molecule has 0 fully saturated rings. The number of hydrogen-bond donors (Lipinski definition) is 2. The van der Waals surface area contributed by atoms with Crippen molar-refractivity contribution in [3.05, 3.63) is 60.4 Å². The van der Waals surface area contributed by atoms with Crippen LogP contribution in [0.15, 0.2) is 54.3 Å². The maximum absolute atomic E-state index is 5.68. The second-order valence-corrected chi connectivity index (χ2v) is 5.69. The highest BCUT2D eigenvalue weighted by Crippen LogP contribution is 2.17. The number of nitrogens with zero attached hydrogens (tertiary/aromatic N) is 3. The normalized spacial score (nSPS) is 10.8. The van der Waals surface area contributed by atoms with E-state index in [9.17, 15) is 0 Å². The Morgan fingerprint density at radius 1 is 1.35 bits per heavy atom. The summed E-state index contributed by atoms with van der Waals surface area (Å²) < 4.78 is 7.50. The first-order valence-corrected chi connectivity index (χ1v) is 8.46. The van der Waals surface area contributed by atoms with Crippen LogP contribution in [0.5, 0.6) is 5.75 Å². The third-order valence-corrected chi connectivity index (χ3v) is 3.69. The molecule has 0 aliphatic rings. The van der Waals surface area contributed by atoms with E-state index >= 15 is 0 Å². The molecule has 1 aromatic carbocycles. The van der Waals surface area contributed by atoms with Gasteiger partial charge in [0.1, 0.15) is 12.4 Å². The highest BCUT2D eigenvalue weighted by atomic mass is 127. The number of nitrogens with one attached hydrogen (secondary N) is 2. The fourth-order valence-electron chi connectivity index (χ4n) is 2.44. The molecule has 0 unspecified atom stereocenters. The molecule has 0 aliphatic carbocycles. The van der Waals surface area contributed by atoms with Gasteiger partial charge in [0.15, 0.2) is 5.96 Å². The first-order valence-electron chi connectivity index (χ1n) is 8.46. The van der Waals surface area contributed by atoms with E-state index in [0.717, 1.165) is 36.7 Å². The Balaban J connectivity index is 0.00000338. The summed E-state index contributed by atoms with van der Waals surface area (Å²) in [6.45, 7) is 5.68. The fourth-order valence-corrected chi connectivity index (χ4v) is 2.44. The number of halogens is 1. The number of rotatable bonds is 9. The van der Waals surface area contributed by atoms with Gasteiger partial charge in [-0.15, -0.1) is 24.0 Å². The molecule has 0 saturated heterocycles. The van der Waals surface area contributed by atoms with Crippen LogP contribution in [0.3, 0.4) is 0 Å². The molecule has 0 bridgehead atoms. The molecule has 1 aromatic heterocycles. The summed E-state index contributed by atoms with van der Waals surface area (Å²) in [7, 11) is 3.71. The third-order valence-electron chi connectivity index (χ3n) is 3.69. The Hall–Kier alpha value is -2.03. The predicted molar refractivity (Wildman–Crippen MR) is 117 cm³/mol. The highest BCUT2D eigenvalue weighted by Gasteiger charge is 2.04. The number of benzene rings is 1. The lowest BCUT2D eigenvalue weighted by Gasteiger charge is -2.14. The number of aryl methyl sites for hydroxylation is 2. The molecule has 0 aliphatic heterocycles. The zero-order valence-corrected chi connectivity index (χ0v) is 17.8. The minimum atomic E-state index is 0. The van der Waals surface area contributed by atoms with Crippen LogP contribution in [0.1, 0.15) is 17.5 Å². The number of ether oxygens (including phenoxy) is 1. The molecule has 0 saturated carbocycles. The van der Waals surface area contributed by atoms with Crippen LogP contribution in [0, 0.1) is 0 Å². The summed E-state index contributed by atoms with van der Waals surface area (Å²) >= 11 is 0. The van der Waals surface area contributed by atoms with Crippen molar-refractivity contribution < 1.29 is 4.74 Å². The molecule has 7 heteroatoms. The summed E-state index contributed by atoms with van der Waals surface area (Å²) in [5.74, 6) is 1.65. The Bertz CT molecular complexity index is 699. The Morgan fingerprint density at radius 2 is 2.15 bits per heavy atom. The molecular formula is C19H28IN5O. The highest BCUT2D eigenvalue weighted by molar-refractivity contribution is 14.0. The molecule has 6 nitrogen and oxygen atoms in total. The minimum Gasteiger partial charge on any atom is -0.489 e. The Kier molecular flexibility index (Phi) is 10.5. The second kappa shape index (κ2) is 12.3. The van der Waals surface area contributed by atoms with Gasteiger partial charge in [-0.05, 0) is 24.5 Å². The summed E-state index contributed by atoms with van der Waals surface area (Å²) in [4.78, 5) is 4.26. The van der Waals surface area contributed by atoms with E-state index in [-0.39, 0.29) is 24.0 Å². The van der Waals surface area contributed by atoms with E-state index in [4.69, 9.17) is 4.74 Å². The zero-order valence-electron chi connectivity index (χ0n) is 15.4. The number of aliphatic imine (C=N–C) groups is 1. The van der Waals surface area contributed by atoms with Gasteiger partial charge in [0, 0.05) is 38.9 Å². The van der Waals surface area contributed by atoms with Gasteiger partial charge >= 0.3 is 0 Å². The van der Waals surface area contributed by atoms with Crippen molar-refractivity contribution >= 4 is 29.9 Å². The largest absolute Gasteiger partial charge is 0.489 e. The van der Waals surface area contributed by atoms with Gasteiger partial charge in [0.25, 0.3) is 0 Å². The molecule has 0 atom stereocenters. The lowest BCUT2D eigenvalue weighted by molar-refractivity contribution is 0.358. The monoisotopic (exact) mass is 469 g/mol. The molecule has 2 rings (SSSR count). The van der Waals surface area contributed by atoms with E-state index in [2.05, 4.69) is 27.3 Å². The average Bonchev–Trinajstić information content (AvgIpc) is 3.05. The van der Waals surface area contributed by atoms with Crippen molar-refractivity contribution in [3.63, 3.8) is 0 Å². The third kappa shape index (κ3) is 7.47. The lowest BCUT2D eigenvalue weighted by atomic mass is 10.2. The Labute approximate surface area is 172 Å². The van der Waals surface area contributed by atoms with Gasteiger partial charge in [-0.25, -0.2) is 0 Å². The standard InChI is InChI=1S/C19H27N5O.HI/c1-4-12-25-18-10-6-5-9-17(18)14-22-19(20-2)21-11-7-8-16-13-23-24(3)15-16;/h4-6,9-10,13,15H,1,7-8,11-12,14H2,2-3H3,(H2,20,21,22);1H. The SMILES string of the molecule is C=CCOc1ccccc1CNC(=NC)NCCCc1cnn(C)c1.I. The molecule has 0 amide bonds. The molecule has 0 radical (unpaired) electrons. The minimum absolute atomic E-state index is 0. The smallest absolute Gasteiger partial charge is 0.191 e. The van der Waals surface area contributed by atoms with E-state index in [1.165, 1.54) is 5.56 Å². The molecular weight excluding hydrogens is 441 g/mol. The van der Waals surface area contributed by atoms with Crippen LogP contribution in [-0.2, 0) is 20.0 Å². The van der Waals surface area contributed by atoms with Crippen molar-refractivity contribution in [2.24, 2.45) is 12.0 Å². The lowest BCUT2D eigenvalue weighted by Crippen LogP contribution is -2.37. The van der Waals surface area contributed by atoms with Gasteiger partial charge in [0.2, 0.25) is 0 Å². The van der Waals surface area contributed by atoms with Gasteiger partial charge in [-0.1, -0.05) is 30.9 Å². The number of para-hydroxylation sites is 1. The quantitative estimate of drug-likeness (QED) is 0.195. The van der Waals surface area contributed by atoms with Crippen LogP contribution >= 0.6 is 24.0 Å². The van der Waals surface area contributed by atoms with E-state index in [1.807, 2.05) is 48.4 Å². The maximum atomic E-state index is 5.68. The van der Waals surface area contributed by atoms with Crippen LogP contribution in [0.25, 0.3) is 0 Å². The number of hydrogen-bond acceptors (Lipinski definition) is 3. The van der Waals surface area contributed by atoms with Crippen molar-refractivity contribution in [3.8, 4) is 5.75 Å². The predicted octanol–water partition coefficient (Wildman–Crippen LogP) is 2.90. The first-order chi connectivity index (χ1) is 12.2. The van der Waals surface area contributed by atoms with E-state index in [1.54, 1.807) is 13.1 Å². The van der Waals surface area contributed by atoms with E-state index in [0.29, 0.717) is 13.2 Å². The summed E-state index contributed by atoms with van der Waals surface area (Å²) in [5.41, 5.74) is 2.34. The van der Waals surface area contributed by atoms with Crippen LogP contribution in [0.2, 0.25) is 0 Å². The molecule has 1 heterocycles. The maximum Gasteiger partial charge on any atom is 0.191 e. The number of guanidine groups is 1. The van der Waals surface area contributed by atoms with E-state index < -0.39 is 0 Å². The van der Waals surface area contributed by atoms with Gasteiger partial charge < -0.3 is 15.4 Å². The topological polar surface area (TPSA) is 63.5 Å². The molecule has 0 spiro atoms. The van der Waals surface area contributed by atoms with Crippen molar-refractivity contribution in [1.29, 1.82) is 0 Å². The second-order valence-electron chi connectivity index (χ2n) is 5.69. The zero-order chi connectivity index (χ0) is 17.9. The van der Waals surface area contributed by atoms with Crippen LogP contribution in [0.4, 0.5) is 0 Å². The summed E-state index contributed by atoms with van der Waals surface area (Å²) in [6.07, 6.45) is 7.72. The van der Waals surface area contributed by atoms with Gasteiger partial charge in [0.05, 0.1) is 6.20 Å².